The summed E-state index contributed by atoms with van der Waals surface area (Å²) in [7, 11) is 0. The molecule has 1 aromatic carbocycles. The van der Waals surface area contributed by atoms with E-state index in [0.29, 0.717) is 23.1 Å². The first-order valence-electron chi connectivity index (χ1n) is 5.99. The smallest absolute Gasteiger partial charge is 0.190 e. The van der Waals surface area contributed by atoms with E-state index in [9.17, 15) is 9.59 Å². The average Bonchev–Trinajstić information content (AvgIpc) is 2.89. The first-order chi connectivity index (χ1) is 8.75. The van der Waals surface area contributed by atoms with Gasteiger partial charge in [0.05, 0.1) is 0 Å². The van der Waals surface area contributed by atoms with E-state index in [0.717, 1.165) is 6.42 Å². The van der Waals surface area contributed by atoms with E-state index in [-0.39, 0.29) is 11.6 Å². The third-order valence-corrected chi connectivity index (χ3v) is 3.30. The van der Waals surface area contributed by atoms with Crippen LogP contribution in [-0.4, -0.2) is 11.6 Å². The number of benzene rings is 1. The standard InChI is InChI=1S/C16H12O2/c17-15-10-12(9-11-5-1-2-6-11)16(18)14-8-4-3-7-13(14)15/h1-5,7-8,10H,6,9H2. The molecule has 2 aliphatic carbocycles. The summed E-state index contributed by atoms with van der Waals surface area (Å²) in [5, 5.41) is 0. The van der Waals surface area contributed by atoms with E-state index in [1.54, 1.807) is 24.3 Å². The molecule has 2 nitrogen and oxygen atoms in total. The molecule has 2 aliphatic rings. The number of hydrogen-bond donors (Lipinski definition) is 0. The summed E-state index contributed by atoms with van der Waals surface area (Å²) >= 11 is 0. The number of carbonyl (C=O) groups is 2. The van der Waals surface area contributed by atoms with Crippen molar-refractivity contribution in [2.75, 3.05) is 0 Å². The van der Waals surface area contributed by atoms with Crippen molar-refractivity contribution in [3.63, 3.8) is 0 Å². The Balaban J connectivity index is 1.94. The SMILES string of the molecule is O=C1C=C(CC2=CC=CC2)C(=O)c2ccccc21. The van der Waals surface area contributed by atoms with Crippen LogP contribution in [-0.2, 0) is 0 Å². The van der Waals surface area contributed by atoms with Crippen LogP contribution in [0.5, 0.6) is 0 Å². The fourth-order valence-corrected chi connectivity index (χ4v) is 2.37. The summed E-state index contributed by atoms with van der Waals surface area (Å²) in [6.07, 6.45) is 8.99. The van der Waals surface area contributed by atoms with Gasteiger partial charge in [-0.2, -0.15) is 0 Å². The highest BCUT2D eigenvalue weighted by Gasteiger charge is 2.25. The molecular weight excluding hydrogens is 224 g/mol. The third-order valence-electron chi connectivity index (χ3n) is 3.30. The molecule has 0 aliphatic heterocycles. The van der Waals surface area contributed by atoms with Gasteiger partial charge < -0.3 is 0 Å². The fourth-order valence-electron chi connectivity index (χ4n) is 2.37. The minimum absolute atomic E-state index is 0.0157. The Kier molecular flexibility index (Phi) is 2.56. The number of allylic oxidation sites excluding steroid dienone is 6. The Bertz CT molecular complexity index is 630. The lowest BCUT2D eigenvalue weighted by atomic mass is 9.86. The van der Waals surface area contributed by atoms with Crippen LogP contribution in [0, 0.1) is 0 Å². The second-order valence-electron chi connectivity index (χ2n) is 4.54. The number of Topliss-reactive ketones (excluding diaryl/α,β-unsaturated/α-hetero) is 1. The van der Waals surface area contributed by atoms with E-state index < -0.39 is 0 Å². The maximum Gasteiger partial charge on any atom is 0.190 e. The van der Waals surface area contributed by atoms with Crippen molar-refractivity contribution in [2.45, 2.75) is 12.8 Å². The number of ketones is 2. The molecule has 3 rings (SSSR count). The molecule has 0 saturated carbocycles. The van der Waals surface area contributed by atoms with E-state index in [4.69, 9.17) is 0 Å². The van der Waals surface area contributed by atoms with Gasteiger partial charge in [0.25, 0.3) is 0 Å². The van der Waals surface area contributed by atoms with Crippen molar-refractivity contribution in [3.8, 4) is 0 Å². The van der Waals surface area contributed by atoms with Crippen molar-refractivity contribution < 1.29 is 9.59 Å². The van der Waals surface area contributed by atoms with Gasteiger partial charge in [0.1, 0.15) is 0 Å². The second kappa shape index (κ2) is 4.22. The maximum atomic E-state index is 12.3. The molecule has 0 heterocycles. The fraction of sp³-hybridized carbons (Fsp3) is 0.125. The highest BCUT2D eigenvalue weighted by atomic mass is 16.1. The maximum absolute atomic E-state index is 12.3. The van der Waals surface area contributed by atoms with Gasteiger partial charge in [-0.25, -0.2) is 0 Å². The molecular formula is C16H12O2. The number of hydrogen-bond acceptors (Lipinski definition) is 2. The first kappa shape index (κ1) is 10.9. The Morgan fingerprint density at radius 1 is 1.06 bits per heavy atom. The molecule has 0 bridgehead atoms. The molecule has 0 spiro atoms. The van der Waals surface area contributed by atoms with Crippen LogP contribution in [0.2, 0.25) is 0 Å². The lowest BCUT2D eigenvalue weighted by Gasteiger charge is -2.15. The molecule has 0 N–H and O–H groups in total. The zero-order valence-corrected chi connectivity index (χ0v) is 9.85. The van der Waals surface area contributed by atoms with Gasteiger partial charge in [0.15, 0.2) is 11.6 Å². The van der Waals surface area contributed by atoms with Crippen LogP contribution in [0.4, 0.5) is 0 Å². The lowest BCUT2D eigenvalue weighted by Crippen LogP contribution is -2.17. The van der Waals surface area contributed by atoms with Crippen molar-refractivity contribution in [1.29, 1.82) is 0 Å². The highest BCUT2D eigenvalue weighted by Crippen LogP contribution is 2.27. The third kappa shape index (κ3) is 1.76. The molecule has 0 aromatic heterocycles. The van der Waals surface area contributed by atoms with Crippen molar-refractivity contribution in [1.82, 2.24) is 0 Å². The number of fused-ring (bicyclic) bond motifs is 1. The molecule has 0 radical (unpaired) electrons. The van der Waals surface area contributed by atoms with Crippen LogP contribution in [0.1, 0.15) is 33.6 Å². The largest absolute Gasteiger partial charge is 0.289 e. The molecule has 0 atom stereocenters. The Morgan fingerprint density at radius 2 is 1.83 bits per heavy atom. The van der Waals surface area contributed by atoms with Crippen LogP contribution in [0.25, 0.3) is 0 Å². The Morgan fingerprint density at radius 3 is 2.56 bits per heavy atom. The summed E-state index contributed by atoms with van der Waals surface area (Å²) in [5.41, 5.74) is 2.84. The minimum Gasteiger partial charge on any atom is -0.289 e. The first-order valence-corrected chi connectivity index (χ1v) is 5.99. The Hall–Kier alpha value is -2.22. The zero-order valence-electron chi connectivity index (χ0n) is 9.85. The summed E-state index contributed by atoms with van der Waals surface area (Å²) in [6.45, 7) is 0. The normalized spacial score (nSPS) is 17.6. The lowest BCUT2D eigenvalue weighted by molar-refractivity contribution is 0.0982. The second-order valence-corrected chi connectivity index (χ2v) is 4.54. The van der Waals surface area contributed by atoms with Gasteiger partial charge >= 0.3 is 0 Å². The van der Waals surface area contributed by atoms with Crippen LogP contribution in [0.15, 0.2) is 59.7 Å². The van der Waals surface area contributed by atoms with E-state index in [1.807, 2.05) is 12.2 Å². The van der Waals surface area contributed by atoms with Crippen molar-refractivity contribution in [3.05, 3.63) is 70.8 Å². The van der Waals surface area contributed by atoms with Gasteiger partial charge in [0.2, 0.25) is 0 Å². The topological polar surface area (TPSA) is 34.1 Å². The summed E-state index contributed by atoms with van der Waals surface area (Å²) in [4.78, 5) is 24.2. The van der Waals surface area contributed by atoms with Crippen LogP contribution < -0.4 is 0 Å². The van der Waals surface area contributed by atoms with Crippen LogP contribution in [0.3, 0.4) is 0 Å². The van der Waals surface area contributed by atoms with Gasteiger partial charge in [-0.3, -0.25) is 9.59 Å². The van der Waals surface area contributed by atoms with Crippen molar-refractivity contribution >= 4 is 11.6 Å². The molecule has 0 fully saturated rings. The molecule has 0 unspecified atom stereocenters. The molecule has 18 heavy (non-hydrogen) atoms. The summed E-state index contributed by atoms with van der Waals surface area (Å²) in [6, 6.07) is 7.01. The van der Waals surface area contributed by atoms with E-state index in [1.165, 1.54) is 11.6 Å². The van der Waals surface area contributed by atoms with Gasteiger partial charge in [-0.15, -0.1) is 0 Å². The summed E-state index contributed by atoms with van der Waals surface area (Å²) in [5.74, 6) is -0.0789. The number of rotatable bonds is 2. The number of carbonyl (C=O) groups excluding carboxylic acids is 2. The molecule has 1 aromatic rings. The Labute approximate surface area is 105 Å². The highest BCUT2D eigenvalue weighted by molar-refractivity contribution is 6.24. The van der Waals surface area contributed by atoms with Gasteiger partial charge in [0, 0.05) is 16.7 Å². The molecule has 88 valence electrons. The predicted octanol–water partition coefficient (Wildman–Crippen LogP) is 3.27. The summed E-state index contributed by atoms with van der Waals surface area (Å²) < 4.78 is 0. The zero-order chi connectivity index (χ0) is 12.5. The van der Waals surface area contributed by atoms with Crippen molar-refractivity contribution in [2.24, 2.45) is 0 Å². The monoisotopic (exact) mass is 236 g/mol. The minimum atomic E-state index is -0.0632. The van der Waals surface area contributed by atoms with Gasteiger partial charge in [-0.05, 0) is 18.9 Å². The predicted molar refractivity (Wildman–Crippen MR) is 69.6 cm³/mol. The molecule has 0 amide bonds. The van der Waals surface area contributed by atoms with Gasteiger partial charge in [-0.1, -0.05) is 48.1 Å². The average molecular weight is 236 g/mol. The quantitative estimate of drug-likeness (QED) is 0.789. The molecule has 0 saturated heterocycles. The van der Waals surface area contributed by atoms with Crippen LogP contribution >= 0.6 is 0 Å². The van der Waals surface area contributed by atoms with E-state index in [2.05, 4.69) is 6.08 Å². The molecule has 2 heteroatoms. The van der Waals surface area contributed by atoms with E-state index >= 15 is 0 Å².